The molecule has 1 atom stereocenters. The molecule has 0 saturated carbocycles. The minimum atomic E-state index is -4.26. The van der Waals surface area contributed by atoms with Gasteiger partial charge in [-0.3, -0.25) is 9.69 Å². The lowest BCUT2D eigenvalue weighted by Gasteiger charge is -2.41. The first kappa shape index (κ1) is 23.2. The van der Waals surface area contributed by atoms with Gasteiger partial charge in [0.15, 0.2) is 0 Å². The van der Waals surface area contributed by atoms with Crippen LogP contribution >= 0.6 is 0 Å². The van der Waals surface area contributed by atoms with E-state index in [1.54, 1.807) is 0 Å². The lowest BCUT2D eigenvalue weighted by Crippen LogP contribution is -2.56. The number of ether oxygens (including phenoxy) is 1. The van der Waals surface area contributed by atoms with E-state index in [1.165, 1.54) is 0 Å². The molecule has 8 heteroatoms. The first-order valence-electron chi connectivity index (χ1n) is 9.46. The highest BCUT2D eigenvalue weighted by molar-refractivity contribution is 5.82. The highest BCUT2D eigenvalue weighted by Crippen LogP contribution is 2.15. The molecule has 1 saturated heterocycles. The molecule has 26 heavy (non-hydrogen) atoms. The molecule has 0 radical (unpaired) electrons. The predicted molar refractivity (Wildman–Crippen MR) is 96.1 cm³/mol. The minimum absolute atomic E-state index is 0.117. The summed E-state index contributed by atoms with van der Waals surface area (Å²) in [6, 6.07) is 0.183. The van der Waals surface area contributed by atoms with Gasteiger partial charge < -0.3 is 14.5 Å². The van der Waals surface area contributed by atoms with Crippen molar-refractivity contribution < 1.29 is 22.7 Å². The molecule has 0 aromatic rings. The quantitative estimate of drug-likeness (QED) is 0.575. The average Bonchev–Trinajstić information content (AvgIpc) is 2.52. The fourth-order valence-electron chi connectivity index (χ4n) is 3.43. The van der Waals surface area contributed by atoms with Crippen LogP contribution in [0.5, 0.6) is 0 Å². The van der Waals surface area contributed by atoms with Crippen molar-refractivity contribution in [3.05, 3.63) is 0 Å². The number of nitrogens with zero attached hydrogens (tertiary/aromatic N) is 3. The Morgan fingerprint density at radius 3 is 2.04 bits per heavy atom. The van der Waals surface area contributed by atoms with Crippen LogP contribution in [-0.2, 0) is 9.53 Å². The standard InChI is InChI=1S/C18H34F3N3O2/c1-14(2)24(15(3)4)17(25)16(5)23-10-8-22(9-11-23)7-6-12-26-13-18(19,20)21/h14-16H,6-13H2,1-5H3. The summed E-state index contributed by atoms with van der Waals surface area (Å²) in [5, 5.41) is 0. The van der Waals surface area contributed by atoms with Crippen LogP contribution < -0.4 is 0 Å². The second kappa shape index (κ2) is 10.5. The molecule has 1 unspecified atom stereocenters. The maximum Gasteiger partial charge on any atom is 0.411 e. The van der Waals surface area contributed by atoms with Crippen LogP contribution in [0, 0.1) is 0 Å². The molecule has 1 amide bonds. The summed E-state index contributed by atoms with van der Waals surface area (Å²) in [6.45, 7) is 13.0. The Morgan fingerprint density at radius 2 is 1.58 bits per heavy atom. The van der Waals surface area contributed by atoms with E-state index in [1.807, 2.05) is 39.5 Å². The van der Waals surface area contributed by atoms with E-state index in [9.17, 15) is 18.0 Å². The van der Waals surface area contributed by atoms with Crippen LogP contribution in [0.25, 0.3) is 0 Å². The maximum atomic E-state index is 12.8. The molecular formula is C18H34F3N3O2. The van der Waals surface area contributed by atoms with E-state index >= 15 is 0 Å². The van der Waals surface area contributed by atoms with E-state index in [4.69, 9.17) is 0 Å². The number of piperazine rings is 1. The van der Waals surface area contributed by atoms with Crippen molar-refractivity contribution in [2.45, 2.75) is 65.3 Å². The Balaban J connectivity index is 2.33. The Hall–Kier alpha value is -0.860. The fourth-order valence-corrected chi connectivity index (χ4v) is 3.43. The summed E-state index contributed by atoms with van der Waals surface area (Å²) in [5.41, 5.74) is 0. The van der Waals surface area contributed by atoms with E-state index in [-0.39, 0.29) is 30.6 Å². The van der Waals surface area contributed by atoms with Crippen molar-refractivity contribution in [2.24, 2.45) is 0 Å². The lowest BCUT2D eigenvalue weighted by molar-refractivity contribution is -0.174. The highest BCUT2D eigenvalue weighted by atomic mass is 19.4. The minimum Gasteiger partial charge on any atom is -0.372 e. The van der Waals surface area contributed by atoms with Gasteiger partial charge in [-0.1, -0.05) is 0 Å². The number of halogens is 3. The van der Waals surface area contributed by atoms with Crippen molar-refractivity contribution in [1.82, 2.24) is 14.7 Å². The van der Waals surface area contributed by atoms with Gasteiger partial charge in [0.05, 0.1) is 6.04 Å². The van der Waals surface area contributed by atoms with Gasteiger partial charge in [0.1, 0.15) is 6.61 Å². The summed E-state index contributed by atoms with van der Waals surface area (Å²) in [5.74, 6) is 0.156. The summed E-state index contributed by atoms with van der Waals surface area (Å²) >= 11 is 0. The van der Waals surface area contributed by atoms with Gasteiger partial charge in [-0.15, -0.1) is 0 Å². The molecule has 154 valence electrons. The molecule has 1 aliphatic rings. The third-order valence-electron chi connectivity index (χ3n) is 4.71. The molecule has 0 bridgehead atoms. The number of hydrogen-bond acceptors (Lipinski definition) is 4. The number of carbonyl (C=O) groups excluding carboxylic acids is 1. The van der Waals surface area contributed by atoms with Crippen LogP contribution in [0.2, 0.25) is 0 Å². The molecule has 0 aliphatic carbocycles. The summed E-state index contributed by atoms with van der Waals surface area (Å²) < 4.78 is 40.7. The molecule has 0 spiro atoms. The zero-order valence-electron chi connectivity index (χ0n) is 16.7. The van der Waals surface area contributed by atoms with Crippen molar-refractivity contribution in [3.8, 4) is 0 Å². The van der Waals surface area contributed by atoms with Crippen LogP contribution in [-0.4, -0.2) is 90.8 Å². The van der Waals surface area contributed by atoms with Crippen LogP contribution in [0.4, 0.5) is 13.2 Å². The van der Waals surface area contributed by atoms with Crippen molar-refractivity contribution in [3.63, 3.8) is 0 Å². The SMILES string of the molecule is CC(C(=O)N(C(C)C)C(C)C)N1CCN(CCCOCC(F)(F)F)CC1. The number of rotatable bonds is 9. The Morgan fingerprint density at radius 1 is 1.04 bits per heavy atom. The molecule has 0 aromatic carbocycles. The lowest BCUT2D eigenvalue weighted by atomic mass is 10.1. The number of amides is 1. The zero-order chi connectivity index (χ0) is 19.9. The van der Waals surface area contributed by atoms with Crippen LogP contribution in [0.3, 0.4) is 0 Å². The summed E-state index contributed by atoms with van der Waals surface area (Å²) in [6.07, 6.45) is -3.67. The maximum absolute atomic E-state index is 12.8. The van der Waals surface area contributed by atoms with E-state index in [0.717, 1.165) is 32.7 Å². The predicted octanol–water partition coefficient (Wildman–Crippen LogP) is 2.61. The van der Waals surface area contributed by atoms with E-state index in [2.05, 4.69) is 14.5 Å². The molecule has 1 heterocycles. The largest absolute Gasteiger partial charge is 0.411 e. The summed E-state index contributed by atoms with van der Waals surface area (Å²) in [7, 11) is 0. The number of alkyl halides is 3. The Bertz CT molecular complexity index is 414. The van der Waals surface area contributed by atoms with Crippen LogP contribution in [0.15, 0.2) is 0 Å². The molecule has 1 aliphatic heterocycles. The molecule has 1 rings (SSSR count). The first-order chi connectivity index (χ1) is 12.0. The topological polar surface area (TPSA) is 36.0 Å². The molecule has 0 N–H and O–H groups in total. The van der Waals surface area contributed by atoms with Gasteiger partial charge in [0, 0.05) is 51.4 Å². The Labute approximate surface area is 155 Å². The monoisotopic (exact) mass is 381 g/mol. The highest BCUT2D eigenvalue weighted by Gasteiger charge is 2.31. The third kappa shape index (κ3) is 7.80. The average molecular weight is 381 g/mol. The number of hydrogen-bond donors (Lipinski definition) is 0. The molecule has 5 nitrogen and oxygen atoms in total. The van der Waals surface area contributed by atoms with E-state index in [0.29, 0.717) is 6.42 Å². The Kier molecular flexibility index (Phi) is 9.33. The van der Waals surface area contributed by atoms with Gasteiger partial charge in [-0.2, -0.15) is 13.2 Å². The van der Waals surface area contributed by atoms with E-state index < -0.39 is 12.8 Å². The normalized spacial score (nSPS) is 18.5. The second-order valence-corrected chi connectivity index (χ2v) is 7.51. The van der Waals surface area contributed by atoms with Gasteiger partial charge in [0.25, 0.3) is 0 Å². The smallest absolute Gasteiger partial charge is 0.372 e. The molecule has 1 fully saturated rings. The third-order valence-corrected chi connectivity index (χ3v) is 4.71. The first-order valence-corrected chi connectivity index (χ1v) is 9.46. The number of carbonyl (C=O) groups is 1. The molecule has 0 aromatic heterocycles. The molecular weight excluding hydrogens is 347 g/mol. The van der Waals surface area contributed by atoms with Crippen LogP contribution in [0.1, 0.15) is 41.0 Å². The summed E-state index contributed by atoms with van der Waals surface area (Å²) in [4.78, 5) is 19.1. The van der Waals surface area contributed by atoms with Gasteiger partial charge in [-0.05, 0) is 41.0 Å². The van der Waals surface area contributed by atoms with Gasteiger partial charge >= 0.3 is 6.18 Å². The second-order valence-electron chi connectivity index (χ2n) is 7.51. The fraction of sp³-hybridized carbons (Fsp3) is 0.944. The van der Waals surface area contributed by atoms with Gasteiger partial charge in [-0.25, -0.2) is 0 Å². The van der Waals surface area contributed by atoms with Gasteiger partial charge in [0.2, 0.25) is 5.91 Å². The van der Waals surface area contributed by atoms with Crippen molar-refractivity contribution in [1.29, 1.82) is 0 Å². The van der Waals surface area contributed by atoms with Crippen molar-refractivity contribution in [2.75, 3.05) is 45.9 Å². The zero-order valence-corrected chi connectivity index (χ0v) is 16.7. The van der Waals surface area contributed by atoms with Crippen molar-refractivity contribution >= 4 is 5.91 Å².